The highest BCUT2D eigenvalue weighted by Crippen LogP contribution is 2.21. The van der Waals surface area contributed by atoms with Crippen LogP contribution in [0.25, 0.3) is 0 Å². The molecule has 136 valence electrons. The summed E-state index contributed by atoms with van der Waals surface area (Å²) in [5.41, 5.74) is 1.66. The lowest BCUT2D eigenvalue weighted by Crippen LogP contribution is -2.41. The lowest BCUT2D eigenvalue weighted by molar-refractivity contribution is 0.0298. The van der Waals surface area contributed by atoms with Crippen LogP contribution in [-0.4, -0.2) is 64.2 Å². The summed E-state index contributed by atoms with van der Waals surface area (Å²) in [5, 5.41) is 4.99. The first kappa shape index (κ1) is 17.1. The van der Waals surface area contributed by atoms with Gasteiger partial charge in [-0.25, -0.2) is 0 Å². The van der Waals surface area contributed by atoms with Gasteiger partial charge in [0.1, 0.15) is 5.69 Å². The second kappa shape index (κ2) is 7.09. The molecule has 2 amide bonds. The minimum absolute atomic E-state index is 0.135. The zero-order valence-corrected chi connectivity index (χ0v) is 15.0. The number of halogens is 1. The zero-order chi connectivity index (χ0) is 18.1. The zero-order valence-electron chi connectivity index (χ0n) is 14.2. The summed E-state index contributed by atoms with van der Waals surface area (Å²) in [5.74, 6) is -0.287. The summed E-state index contributed by atoms with van der Waals surface area (Å²) in [6.45, 7) is 3.69. The second-order valence-electron chi connectivity index (χ2n) is 6.36. The molecule has 0 spiro atoms. The number of benzene rings is 1. The predicted octanol–water partition coefficient (Wildman–Crippen LogP) is 1.66. The number of ether oxygens (including phenoxy) is 1. The summed E-state index contributed by atoms with van der Waals surface area (Å²) in [6.07, 6.45) is 0. The Balaban J connectivity index is 1.52. The number of rotatable bonds is 3. The first-order chi connectivity index (χ1) is 12.6. The molecule has 0 radical (unpaired) electrons. The van der Waals surface area contributed by atoms with Crippen molar-refractivity contribution in [3.05, 3.63) is 52.3 Å². The number of hydrogen-bond acceptors (Lipinski definition) is 4. The van der Waals surface area contributed by atoms with Crippen molar-refractivity contribution < 1.29 is 14.3 Å². The number of nitrogens with zero attached hydrogens (tertiary/aromatic N) is 4. The number of fused-ring (bicyclic) bond motifs is 1. The van der Waals surface area contributed by atoms with Gasteiger partial charge in [0.05, 0.1) is 19.8 Å². The molecule has 1 aromatic heterocycles. The Morgan fingerprint density at radius 1 is 1.15 bits per heavy atom. The Morgan fingerprint density at radius 2 is 1.92 bits per heavy atom. The van der Waals surface area contributed by atoms with Gasteiger partial charge in [-0.2, -0.15) is 5.10 Å². The molecule has 3 heterocycles. The second-order valence-corrected chi connectivity index (χ2v) is 6.77. The molecule has 2 aromatic rings. The number of carbonyl (C=O) groups is 2. The van der Waals surface area contributed by atoms with E-state index in [4.69, 9.17) is 16.3 Å². The van der Waals surface area contributed by atoms with Crippen molar-refractivity contribution >= 4 is 23.4 Å². The van der Waals surface area contributed by atoms with Crippen LogP contribution < -0.4 is 0 Å². The van der Waals surface area contributed by atoms with E-state index in [2.05, 4.69) is 5.10 Å². The highest BCUT2D eigenvalue weighted by molar-refractivity contribution is 6.31. The normalized spacial score (nSPS) is 17.3. The Kier molecular flexibility index (Phi) is 4.65. The fourth-order valence-electron chi connectivity index (χ4n) is 3.25. The average molecular weight is 375 g/mol. The van der Waals surface area contributed by atoms with Gasteiger partial charge in [-0.05, 0) is 11.6 Å². The van der Waals surface area contributed by atoms with E-state index < -0.39 is 0 Å². The van der Waals surface area contributed by atoms with Crippen molar-refractivity contribution in [1.82, 2.24) is 19.6 Å². The summed E-state index contributed by atoms with van der Waals surface area (Å²) in [7, 11) is 0. The van der Waals surface area contributed by atoms with Crippen LogP contribution >= 0.6 is 11.6 Å². The summed E-state index contributed by atoms with van der Waals surface area (Å²) >= 11 is 6.21. The number of morpholine rings is 1. The Labute approximate surface area is 156 Å². The minimum Gasteiger partial charge on any atom is -0.378 e. The van der Waals surface area contributed by atoms with Crippen LogP contribution in [0.1, 0.15) is 26.5 Å². The quantitative estimate of drug-likeness (QED) is 0.819. The average Bonchev–Trinajstić information content (AvgIpc) is 3.11. The maximum atomic E-state index is 12.8. The Bertz CT molecular complexity index is 845. The van der Waals surface area contributed by atoms with Crippen molar-refractivity contribution in [2.24, 2.45) is 0 Å². The molecular formula is C18H19ClN4O3. The van der Waals surface area contributed by atoms with Crippen molar-refractivity contribution in [2.45, 2.75) is 13.1 Å². The third kappa shape index (κ3) is 3.20. The standard InChI is InChI=1S/C18H19ClN4O3/c19-14-4-2-1-3-13(14)12-22-5-6-23-16(18(22)25)11-15(20-23)17(24)21-7-9-26-10-8-21/h1-4,11H,5-10,12H2. The maximum Gasteiger partial charge on any atom is 0.274 e. The van der Waals surface area contributed by atoms with Crippen molar-refractivity contribution in [3.63, 3.8) is 0 Å². The molecule has 1 saturated heterocycles. The van der Waals surface area contributed by atoms with Gasteiger partial charge in [0.15, 0.2) is 5.69 Å². The van der Waals surface area contributed by atoms with E-state index in [0.29, 0.717) is 62.3 Å². The third-order valence-corrected chi connectivity index (χ3v) is 5.07. The third-order valence-electron chi connectivity index (χ3n) is 4.70. The van der Waals surface area contributed by atoms with Gasteiger partial charge < -0.3 is 14.5 Å². The van der Waals surface area contributed by atoms with Gasteiger partial charge in [0.25, 0.3) is 11.8 Å². The Morgan fingerprint density at radius 3 is 2.69 bits per heavy atom. The van der Waals surface area contributed by atoms with Crippen LogP contribution in [0.4, 0.5) is 0 Å². The predicted molar refractivity (Wildman–Crippen MR) is 95.1 cm³/mol. The monoisotopic (exact) mass is 374 g/mol. The van der Waals surface area contributed by atoms with Crippen molar-refractivity contribution in [2.75, 3.05) is 32.8 Å². The highest BCUT2D eigenvalue weighted by Gasteiger charge is 2.30. The Hall–Kier alpha value is -2.38. The van der Waals surface area contributed by atoms with Gasteiger partial charge in [0.2, 0.25) is 0 Å². The molecule has 2 aliphatic heterocycles. The van der Waals surface area contributed by atoms with Gasteiger partial charge in [-0.3, -0.25) is 14.3 Å². The maximum absolute atomic E-state index is 12.8. The van der Waals surface area contributed by atoms with E-state index >= 15 is 0 Å². The molecule has 7 nitrogen and oxygen atoms in total. The molecule has 2 aliphatic rings. The minimum atomic E-state index is -0.152. The number of aromatic nitrogens is 2. The van der Waals surface area contributed by atoms with Gasteiger partial charge in [0, 0.05) is 37.3 Å². The molecule has 0 N–H and O–H groups in total. The molecule has 0 unspecified atom stereocenters. The molecule has 4 rings (SSSR count). The lowest BCUT2D eigenvalue weighted by atomic mass is 10.2. The number of hydrogen-bond donors (Lipinski definition) is 0. The molecule has 1 aromatic carbocycles. The highest BCUT2D eigenvalue weighted by atomic mass is 35.5. The number of carbonyl (C=O) groups excluding carboxylic acids is 2. The molecule has 0 bridgehead atoms. The van der Waals surface area contributed by atoms with Crippen LogP contribution in [0.5, 0.6) is 0 Å². The number of amides is 2. The van der Waals surface area contributed by atoms with Crippen LogP contribution in [-0.2, 0) is 17.8 Å². The fourth-order valence-corrected chi connectivity index (χ4v) is 3.45. The van der Waals surface area contributed by atoms with Crippen LogP contribution in [0.2, 0.25) is 5.02 Å². The molecule has 8 heteroatoms. The molecular weight excluding hydrogens is 356 g/mol. The van der Waals surface area contributed by atoms with E-state index in [1.807, 2.05) is 24.3 Å². The topological polar surface area (TPSA) is 67.7 Å². The summed E-state index contributed by atoms with van der Waals surface area (Å²) < 4.78 is 6.90. The van der Waals surface area contributed by atoms with E-state index in [1.165, 1.54) is 0 Å². The SMILES string of the molecule is O=C(c1cc2n(n1)CCN(Cc1ccccc1Cl)C2=O)N1CCOCC1. The smallest absolute Gasteiger partial charge is 0.274 e. The molecule has 0 saturated carbocycles. The van der Waals surface area contributed by atoms with E-state index in [1.54, 1.807) is 20.5 Å². The largest absolute Gasteiger partial charge is 0.378 e. The van der Waals surface area contributed by atoms with E-state index in [9.17, 15) is 9.59 Å². The summed E-state index contributed by atoms with van der Waals surface area (Å²) in [4.78, 5) is 28.9. The summed E-state index contributed by atoms with van der Waals surface area (Å²) in [6, 6.07) is 9.09. The molecule has 26 heavy (non-hydrogen) atoms. The van der Waals surface area contributed by atoms with E-state index in [-0.39, 0.29) is 11.8 Å². The van der Waals surface area contributed by atoms with Gasteiger partial charge in [-0.1, -0.05) is 29.8 Å². The molecule has 0 atom stereocenters. The van der Waals surface area contributed by atoms with Gasteiger partial charge in [-0.15, -0.1) is 0 Å². The first-order valence-corrected chi connectivity index (χ1v) is 8.99. The fraction of sp³-hybridized carbons (Fsp3) is 0.389. The van der Waals surface area contributed by atoms with Crippen molar-refractivity contribution in [1.29, 1.82) is 0 Å². The van der Waals surface area contributed by atoms with Crippen molar-refractivity contribution in [3.8, 4) is 0 Å². The van der Waals surface area contributed by atoms with Crippen LogP contribution in [0.3, 0.4) is 0 Å². The van der Waals surface area contributed by atoms with Crippen LogP contribution in [0, 0.1) is 0 Å². The van der Waals surface area contributed by atoms with Crippen LogP contribution in [0.15, 0.2) is 30.3 Å². The lowest BCUT2D eigenvalue weighted by Gasteiger charge is -2.27. The first-order valence-electron chi connectivity index (χ1n) is 8.61. The molecule has 0 aliphatic carbocycles. The molecule has 1 fully saturated rings. The van der Waals surface area contributed by atoms with E-state index in [0.717, 1.165) is 5.56 Å². The van der Waals surface area contributed by atoms with Gasteiger partial charge >= 0.3 is 0 Å².